The summed E-state index contributed by atoms with van der Waals surface area (Å²) in [6.07, 6.45) is 1.62. The summed E-state index contributed by atoms with van der Waals surface area (Å²) < 4.78 is 6.16. The summed E-state index contributed by atoms with van der Waals surface area (Å²) in [6, 6.07) is 1.77. The van der Waals surface area contributed by atoms with Crippen molar-refractivity contribution in [2.24, 2.45) is 0 Å². The summed E-state index contributed by atoms with van der Waals surface area (Å²) >= 11 is 3.43. The van der Waals surface area contributed by atoms with Gasteiger partial charge in [0.1, 0.15) is 5.82 Å². The number of hydrogen-bond donors (Lipinski definition) is 2. The molecule has 0 aromatic carbocycles. The van der Waals surface area contributed by atoms with Gasteiger partial charge < -0.3 is 20.5 Å². The van der Waals surface area contributed by atoms with Crippen LogP contribution in [0, 0.1) is 0 Å². The predicted molar refractivity (Wildman–Crippen MR) is 65.4 cm³/mol. The van der Waals surface area contributed by atoms with E-state index in [4.69, 9.17) is 10.5 Å². The van der Waals surface area contributed by atoms with Crippen LogP contribution in [0.25, 0.3) is 0 Å². The average molecular weight is 288 g/mol. The first-order chi connectivity index (χ1) is 7.72. The number of nitrogens with zero attached hydrogens (tertiary/aromatic N) is 2. The van der Waals surface area contributed by atoms with Gasteiger partial charge in [0.2, 0.25) is 0 Å². The molecular formula is C10H14BrN3O2. The second kappa shape index (κ2) is 4.99. The molecule has 16 heavy (non-hydrogen) atoms. The van der Waals surface area contributed by atoms with Gasteiger partial charge in [-0.3, -0.25) is 0 Å². The Morgan fingerprint density at radius 1 is 1.69 bits per heavy atom. The van der Waals surface area contributed by atoms with Gasteiger partial charge in [0.15, 0.2) is 0 Å². The topological polar surface area (TPSA) is 71.6 Å². The van der Waals surface area contributed by atoms with Gasteiger partial charge in [0.25, 0.3) is 0 Å². The normalized spacial score (nSPS) is 21.1. The van der Waals surface area contributed by atoms with Gasteiger partial charge in [-0.2, -0.15) is 0 Å². The Hall–Kier alpha value is -0.850. The number of morpholine rings is 1. The highest BCUT2D eigenvalue weighted by molar-refractivity contribution is 9.10. The van der Waals surface area contributed by atoms with Crippen molar-refractivity contribution in [1.29, 1.82) is 0 Å². The van der Waals surface area contributed by atoms with Crippen LogP contribution in [-0.2, 0) is 4.74 Å². The van der Waals surface area contributed by atoms with E-state index < -0.39 is 0 Å². The Morgan fingerprint density at radius 3 is 3.19 bits per heavy atom. The number of aliphatic hydroxyl groups excluding tert-OH is 1. The Bertz CT molecular complexity index is 375. The summed E-state index contributed by atoms with van der Waals surface area (Å²) in [6.45, 7) is 1.95. The quantitative estimate of drug-likeness (QED) is 0.835. The number of hydrogen-bond acceptors (Lipinski definition) is 5. The van der Waals surface area contributed by atoms with Gasteiger partial charge in [-0.1, -0.05) is 0 Å². The predicted octanol–water partition coefficient (Wildman–Crippen LogP) is 0.624. The van der Waals surface area contributed by atoms with E-state index in [1.165, 1.54) is 0 Å². The minimum absolute atomic E-state index is 0.0406. The summed E-state index contributed by atoms with van der Waals surface area (Å²) in [5, 5.41) is 9.28. The van der Waals surface area contributed by atoms with Crippen molar-refractivity contribution in [3.8, 4) is 0 Å². The van der Waals surface area contributed by atoms with Crippen molar-refractivity contribution < 1.29 is 9.84 Å². The number of aromatic nitrogens is 1. The van der Waals surface area contributed by atoms with E-state index in [0.717, 1.165) is 16.8 Å². The minimum atomic E-state index is -0.0406. The molecule has 0 amide bonds. The van der Waals surface area contributed by atoms with E-state index >= 15 is 0 Å². The fourth-order valence-corrected chi connectivity index (χ4v) is 2.34. The van der Waals surface area contributed by atoms with Crippen molar-refractivity contribution in [3.63, 3.8) is 0 Å². The van der Waals surface area contributed by atoms with Crippen molar-refractivity contribution in [2.75, 3.05) is 37.0 Å². The van der Waals surface area contributed by atoms with Crippen LogP contribution in [0.3, 0.4) is 0 Å². The molecular weight excluding hydrogens is 274 g/mol. The van der Waals surface area contributed by atoms with E-state index in [1.54, 1.807) is 6.20 Å². The molecule has 1 atom stereocenters. The third kappa shape index (κ3) is 2.28. The molecule has 1 aromatic rings. The van der Waals surface area contributed by atoms with Gasteiger partial charge in [0, 0.05) is 6.54 Å². The molecule has 2 heterocycles. The Balaban J connectivity index is 2.27. The Morgan fingerprint density at radius 2 is 2.50 bits per heavy atom. The zero-order valence-corrected chi connectivity index (χ0v) is 10.4. The molecule has 1 aliphatic heterocycles. The van der Waals surface area contributed by atoms with Gasteiger partial charge >= 0.3 is 0 Å². The van der Waals surface area contributed by atoms with Crippen LogP contribution in [0.4, 0.5) is 11.5 Å². The van der Waals surface area contributed by atoms with Crippen molar-refractivity contribution in [3.05, 3.63) is 16.7 Å². The molecule has 0 spiro atoms. The SMILES string of the molecule is Nc1cnc(N2CCOCC2CO)c(Br)c1. The lowest BCUT2D eigenvalue weighted by atomic mass is 10.2. The molecule has 1 saturated heterocycles. The van der Waals surface area contributed by atoms with Gasteiger partial charge in [0.05, 0.1) is 42.2 Å². The molecule has 1 fully saturated rings. The monoisotopic (exact) mass is 287 g/mol. The molecule has 1 aromatic heterocycles. The van der Waals surface area contributed by atoms with E-state index in [-0.39, 0.29) is 12.6 Å². The number of nitrogens with two attached hydrogens (primary N) is 1. The van der Waals surface area contributed by atoms with Crippen LogP contribution >= 0.6 is 15.9 Å². The number of pyridine rings is 1. The lowest BCUT2D eigenvalue weighted by Gasteiger charge is -2.35. The van der Waals surface area contributed by atoms with Crippen LogP contribution in [0.1, 0.15) is 0 Å². The molecule has 88 valence electrons. The molecule has 0 bridgehead atoms. The first-order valence-electron chi connectivity index (χ1n) is 5.08. The smallest absolute Gasteiger partial charge is 0.143 e. The molecule has 2 rings (SSSR count). The van der Waals surface area contributed by atoms with Crippen LogP contribution in [-0.4, -0.2) is 42.5 Å². The molecule has 5 nitrogen and oxygen atoms in total. The lowest BCUT2D eigenvalue weighted by molar-refractivity contribution is 0.0722. The maximum Gasteiger partial charge on any atom is 0.143 e. The van der Waals surface area contributed by atoms with E-state index in [2.05, 4.69) is 20.9 Å². The second-order valence-corrected chi connectivity index (χ2v) is 4.53. The third-order valence-corrected chi connectivity index (χ3v) is 3.14. The zero-order valence-electron chi connectivity index (χ0n) is 8.77. The first kappa shape index (κ1) is 11.6. The molecule has 3 N–H and O–H groups in total. The van der Waals surface area contributed by atoms with Crippen molar-refractivity contribution in [1.82, 2.24) is 4.98 Å². The highest BCUT2D eigenvalue weighted by Crippen LogP contribution is 2.27. The Labute approximate surface area is 102 Å². The maximum absolute atomic E-state index is 9.28. The fourth-order valence-electron chi connectivity index (χ4n) is 1.74. The number of halogens is 1. The number of ether oxygens (including phenoxy) is 1. The molecule has 6 heteroatoms. The van der Waals surface area contributed by atoms with Crippen LogP contribution in [0.2, 0.25) is 0 Å². The van der Waals surface area contributed by atoms with Gasteiger partial charge in [-0.05, 0) is 22.0 Å². The molecule has 0 aliphatic carbocycles. The summed E-state index contributed by atoms with van der Waals surface area (Å²) in [5.74, 6) is 0.802. The van der Waals surface area contributed by atoms with Crippen LogP contribution in [0.5, 0.6) is 0 Å². The molecule has 0 saturated carbocycles. The number of nitrogen functional groups attached to an aromatic ring is 1. The minimum Gasteiger partial charge on any atom is -0.397 e. The average Bonchev–Trinajstić information content (AvgIpc) is 2.29. The Kier molecular flexibility index (Phi) is 3.63. The van der Waals surface area contributed by atoms with E-state index in [0.29, 0.717) is 18.9 Å². The van der Waals surface area contributed by atoms with Crippen LogP contribution < -0.4 is 10.6 Å². The second-order valence-electron chi connectivity index (χ2n) is 3.68. The summed E-state index contributed by atoms with van der Waals surface area (Å²) in [7, 11) is 0. The maximum atomic E-state index is 9.28. The first-order valence-corrected chi connectivity index (χ1v) is 5.88. The largest absolute Gasteiger partial charge is 0.397 e. The van der Waals surface area contributed by atoms with Gasteiger partial charge in [-0.15, -0.1) is 0 Å². The summed E-state index contributed by atoms with van der Waals surface area (Å²) in [4.78, 5) is 6.32. The van der Waals surface area contributed by atoms with E-state index in [9.17, 15) is 5.11 Å². The standard InChI is InChI=1S/C10H14BrN3O2/c11-9-3-7(12)4-13-10(9)14-1-2-16-6-8(14)5-15/h3-4,8,15H,1-2,5-6,12H2. The van der Waals surface area contributed by atoms with E-state index in [1.807, 2.05) is 11.0 Å². The highest BCUT2D eigenvalue weighted by atomic mass is 79.9. The number of anilines is 2. The van der Waals surface area contributed by atoms with Crippen molar-refractivity contribution >= 4 is 27.4 Å². The zero-order chi connectivity index (χ0) is 11.5. The van der Waals surface area contributed by atoms with Crippen molar-refractivity contribution in [2.45, 2.75) is 6.04 Å². The number of rotatable bonds is 2. The molecule has 1 unspecified atom stereocenters. The highest BCUT2D eigenvalue weighted by Gasteiger charge is 2.24. The molecule has 0 radical (unpaired) electrons. The summed E-state index contributed by atoms with van der Waals surface area (Å²) in [5.41, 5.74) is 6.25. The van der Waals surface area contributed by atoms with Gasteiger partial charge in [-0.25, -0.2) is 4.98 Å². The van der Waals surface area contributed by atoms with Crippen LogP contribution in [0.15, 0.2) is 16.7 Å². The third-order valence-electron chi connectivity index (χ3n) is 2.55. The molecule has 1 aliphatic rings. The number of aliphatic hydroxyl groups is 1. The lowest BCUT2D eigenvalue weighted by Crippen LogP contribution is -2.48. The fraction of sp³-hybridized carbons (Fsp3) is 0.500.